The van der Waals surface area contributed by atoms with E-state index < -0.39 is 0 Å². The molecule has 0 spiro atoms. The van der Waals surface area contributed by atoms with Gasteiger partial charge in [0.25, 0.3) is 5.91 Å². The Kier molecular flexibility index (Phi) is 4.37. The summed E-state index contributed by atoms with van der Waals surface area (Å²) in [6.07, 6.45) is 3.92. The SMILES string of the molecule is CCCN(C(=O)C(C)n1cncn1)c1cccc2ccccc12. The first kappa shape index (κ1) is 15.2. The summed E-state index contributed by atoms with van der Waals surface area (Å²) in [6, 6.07) is 13.8. The quantitative estimate of drug-likeness (QED) is 0.725. The highest BCUT2D eigenvalue weighted by atomic mass is 16.2. The van der Waals surface area contributed by atoms with E-state index in [4.69, 9.17) is 0 Å². The van der Waals surface area contributed by atoms with Crippen LogP contribution in [0.4, 0.5) is 5.69 Å². The lowest BCUT2D eigenvalue weighted by atomic mass is 10.1. The van der Waals surface area contributed by atoms with Crippen LogP contribution in [-0.2, 0) is 4.79 Å². The van der Waals surface area contributed by atoms with Gasteiger partial charge in [-0.2, -0.15) is 5.10 Å². The number of rotatable bonds is 5. The van der Waals surface area contributed by atoms with E-state index in [0.29, 0.717) is 6.54 Å². The summed E-state index contributed by atoms with van der Waals surface area (Å²) >= 11 is 0. The largest absolute Gasteiger partial charge is 0.310 e. The molecule has 3 rings (SSSR count). The Labute approximate surface area is 135 Å². The van der Waals surface area contributed by atoms with Gasteiger partial charge in [-0.05, 0) is 24.8 Å². The highest BCUT2D eigenvalue weighted by Gasteiger charge is 2.24. The molecule has 1 unspecified atom stereocenters. The third-order valence-corrected chi connectivity index (χ3v) is 3.96. The van der Waals surface area contributed by atoms with Crippen LogP contribution < -0.4 is 4.90 Å². The molecule has 3 aromatic rings. The van der Waals surface area contributed by atoms with Crippen LogP contribution in [0.3, 0.4) is 0 Å². The molecule has 0 fully saturated rings. The van der Waals surface area contributed by atoms with E-state index >= 15 is 0 Å². The molecule has 2 aromatic carbocycles. The fourth-order valence-corrected chi connectivity index (χ4v) is 2.77. The second-order valence-electron chi connectivity index (χ2n) is 5.54. The fourth-order valence-electron chi connectivity index (χ4n) is 2.77. The number of carbonyl (C=O) groups excluding carboxylic acids is 1. The Balaban J connectivity index is 2.02. The van der Waals surface area contributed by atoms with Gasteiger partial charge in [0.15, 0.2) is 0 Å². The average Bonchev–Trinajstić information content (AvgIpc) is 3.12. The van der Waals surface area contributed by atoms with Crippen molar-refractivity contribution in [3.63, 3.8) is 0 Å². The van der Waals surface area contributed by atoms with Crippen LogP contribution in [-0.4, -0.2) is 27.2 Å². The van der Waals surface area contributed by atoms with Gasteiger partial charge in [-0.1, -0.05) is 43.3 Å². The lowest BCUT2D eigenvalue weighted by Crippen LogP contribution is -2.37. The topological polar surface area (TPSA) is 51.0 Å². The molecule has 0 bridgehead atoms. The summed E-state index contributed by atoms with van der Waals surface area (Å²) in [4.78, 5) is 18.8. The molecule has 1 amide bonds. The van der Waals surface area contributed by atoms with Crippen molar-refractivity contribution in [2.24, 2.45) is 0 Å². The first-order chi connectivity index (χ1) is 11.2. The third kappa shape index (κ3) is 2.95. The van der Waals surface area contributed by atoms with Crippen LogP contribution in [0.15, 0.2) is 55.1 Å². The van der Waals surface area contributed by atoms with Gasteiger partial charge in [0.05, 0.1) is 5.69 Å². The standard InChI is InChI=1S/C18H20N4O/c1-3-11-21(18(23)14(2)22-13-19-12-20-22)17-10-6-8-15-7-4-5-9-16(15)17/h4-10,12-14H,3,11H2,1-2H3. The highest BCUT2D eigenvalue weighted by molar-refractivity contribution is 6.04. The van der Waals surface area contributed by atoms with Crippen LogP contribution in [0, 0.1) is 0 Å². The van der Waals surface area contributed by atoms with Crippen molar-refractivity contribution < 1.29 is 4.79 Å². The summed E-state index contributed by atoms with van der Waals surface area (Å²) in [7, 11) is 0. The van der Waals surface area contributed by atoms with E-state index in [-0.39, 0.29) is 11.9 Å². The van der Waals surface area contributed by atoms with E-state index in [1.807, 2.05) is 36.1 Å². The van der Waals surface area contributed by atoms with Crippen LogP contribution in [0.2, 0.25) is 0 Å². The van der Waals surface area contributed by atoms with Gasteiger partial charge in [-0.3, -0.25) is 4.79 Å². The fraction of sp³-hybridized carbons (Fsp3) is 0.278. The molecule has 0 radical (unpaired) electrons. The van der Waals surface area contributed by atoms with Crippen molar-refractivity contribution in [3.8, 4) is 0 Å². The summed E-state index contributed by atoms with van der Waals surface area (Å²) in [5.74, 6) is 0.0219. The van der Waals surface area contributed by atoms with Crippen LogP contribution >= 0.6 is 0 Å². The van der Waals surface area contributed by atoms with E-state index in [0.717, 1.165) is 22.9 Å². The second-order valence-corrected chi connectivity index (χ2v) is 5.54. The Morgan fingerprint density at radius 2 is 2.00 bits per heavy atom. The first-order valence-electron chi connectivity index (χ1n) is 7.85. The maximum absolute atomic E-state index is 13.0. The number of fused-ring (bicyclic) bond motifs is 1. The Hall–Kier alpha value is -2.69. The second kappa shape index (κ2) is 6.60. The molecular weight excluding hydrogens is 288 g/mol. The third-order valence-electron chi connectivity index (χ3n) is 3.96. The zero-order valence-electron chi connectivity index (χ0n) is 13.4. The molecule has 1 heterocycles. The minimum Gasteiger partial charge on any atom is -0.310 e. The van der Waals surface area contributed by atoms with Gasteiger partial charge in [-0.15, -0.1) is 0 Å². The van der Waals surface area contributed by atoms with Crippen molar-refractivity contribution in [2.75, 3.05) is 11.4 Å². The van der Waals surface area contributed by atoms with Gasteiger partial charge in [0, 0.05) is 11.9 Å². The maximum atomic E-state index is 13.0. The zero-order chi connectivity index (χ0) is 16.2. The predicted octanol–water partition coefficient (Wildman–Crippen LogP) is 3.44. The van der Waals surface area contributed by atoms with Gasteiger partial charge in [-0.25, -0.2) is 9.67 Å². The molecule has 1 aromatic heterocycles. The Morgan fingerprint density at radius 3 is 2.74 bits per heavy atom. The molecule has 0 saturated heterocycles. The molecular formula is C18H20N4O. The van der Waals surface area contributed by atoms with Gasteiger partial charge in [0.1, 0.15) is 18.7 Å². The summed E-state index contributed by atoms with van der Waals surface area (Å²) in [5, 5.41) is 6.31. The number of aromatic nitrogens is 3. The predicted molar refractivity (Wildman–Crippen MR) is 91.3 cm³/mol. The Bertz CT molecular complexity index is 792. The van der Waals surface area contributed by atoms with Crippen molar-refractivity contribution in [3.05, 3.63) is 55.1 Å². The number of benzene rings is 2. The lowest BCUT2D eigenvalue weighted by Gasteiger charge is -2.26. The van der Waals surface area contributed by atoms with Crippen molar-refractivity contribution in [2.45, 2.75) is 26.3 Å². The van der Waals surface area contributed by atoms with Crippen LogP contribution in [0.1, 0.15) is 26.3 Å². The van der Waals surface area contributed by atoms with Gasteiger partial charge >= 0.3 is 0 Å². The van der Waals surface area contributed by atoms with E-state index in [1.165, 1.54) is 6.33 Å². The van der Waals surface area contributed by atoms with E-state index in [9.17, 15) is 4.79 Å². The number of nitrogens with zero attached hydrogens (tertiary/aromatic N) is 4. The number of hydrogen-bond acceptors (Lipinski definition) is 3. The maximum Gasteiger partial charge on any atom is 0.251 e. The summed E-state index contributed by atoms with van der Waals surface area (Å²) < 4.78 is 1.59. The summed E-state index contributed by atoms with van der Waals surface area (Å²) in [5.41, 5.74) is 0.946. The van der Waals surface area contributed by atoms with Gasteiger partial charge in [0.2, 0.25) is 0 Å². The molecule has 0 aliphatic rings. The molecule has 23 heavy (non-hydrogen) atoms. The summed E-state index contributed by atoms with van der Waals surface area (Å²) in [6.45, 7) is 4.60. The average molecular weight is 308 g/mol. The van der Waals surface area contributed by atoms with E-state index in [2.05, 4.69) is 35.2 Å². The monoisotopic (exact) mass is 308 g/mol. The van der Waals surface area contributed by atoms with E-state index in [1.54, 1.807) is 11.0 Å². The van der Waals surface area contributed by atoms with Gasteiger partial charge < -0.3 is 4.90 Å². The minimum absolute atomic E-state index is 0.0219. The van der Waals surface area contributed by atoms with Crippen LogP contribution in [0.5, 0.6) is 0 Å². The minimum atomic E-state index is -0.386. The number of hydrogen-bond donors (Lipinski definition) is 0. The molecule has 118 valence electrons. The first-order valence-corrected chi connectivity index (χ1v) is 7.85. The van der Waals surface area contributed by atoms with Crippen molar-refractivity contribution in [1.82, 2.24) is 14.8 Å². The van der Waals surface area contributed by atoms with Crippen molar-refractivity contribution in [1.29, 1.82) is 0 Å². The zero-order valence-corrected chi connectivity index (χ0v) is 13.4. The molecule has 5 nitrogen and oxygen atoms in total. The number of amides is 1. The molecule has 0 aliphatic heterocycles. The van der Waals surface area contributed by atoms with Crippen LogP contribution in [0.25, 0.3) is 10.8 Å². The molecule has 0 saturated carbocycles. The molecule has 1 atom stereocenters. The Morgan fingerprint density at radius 1 is 1.22 bits per heavy atom. The van der Waals surface area contributed by atoms with Crippen molar-refractivity contribution >= 4 is 22.4 Å². The number of anilines is 1. The molecule has 0 aliphatic carbocycles. The number of carbonyl (C=O) groups is 1. The normalized spacial score (nSPS) is 12.3. The highest BCUT2D eigenvalue weighted by Crippen LogP contribution is 2.28. The molecule has 5 heteroatoms. The lowest BCUT2D eigenvalue weighted by molar-refractivity contribution is -0.121. The molecule has 0 N–H and O–H groups in total. The smallest absolute Gasteiger partial charge is 0.251 e.